The molecule has 1 amide bonds. The molecule has 3 rings (SSSR count). The van der Waals surface area contributed by atoms with Crippen LogP contribution in [-0.4, -0.2) is 39.3 Å². The molecule has 0 fully saturated rings. The number of methoxy groups -OCH3 is 1. The summed E-state index contributed by atoms with van der Waals surface area (Å²) < 4.78 is 37.4. The fraction of sp³-hybridized carbons (Fsp3) is 0.150. The molecule has 0 unspecified atom stereocenters. The monoisotopic (exact) mass is 466 g/mol. The molecule has 10 heteroatoms. The van der Waals surface area contributed by atoms with E-state index in [2.05, 4.69) is 5.32 Å². The topological polar surface area (TPSA) is 84.9 Å². The Morgan fingerprint density at radius 3 is 2.33 bits per heavy atom. The summed E-state index contributed by atoms with van der Waals surface area (Å²) in [7, 11) is -0.878. The minimum Gasteiger partial charge on any atom is -0.493 e. The predicted octanol–water partition coefficient (Wildman–Crippen LogP) is 4.46. The zero-order valence-corrected chi connectivity index (χ0v) is 18.6. The maximum Gasteiger partial charge on any atom is 0.252 e. The lowest BCUT2D eigenvalue weighted by Crippen LogP contribution is -2.34. The van der Waals surface area contributed by atoms with Gasteiger partial charge in [0.2, 0.25) is 5.91 Å². The van der Waals surface area contributed by atoms with Gasteiger partial charge < -0.3 is 14.8 Å². The number of carbonyl (C=O) groups excluding carboxylic acids is 1. The number of thiophene rings is 1. The van der Waals surface area contributed by atoms with E-state index >= 15 is 0 Å². The fourth-order valence-corrected chi connectivity index (χ4v) is 5.33. The van der Waals surface area contributed by atoms with Gasteiger partial charge in [-0.15, -0.1) is 11.3 Å². The number of para-hydroxylation sites is 2. The van der Waals surface area contributed by atoms with Crippen molar-refractivity contribution < 1.29 is 22.7 Å². The molecule has 0 aliphatic heterocycles. The first-order valence-electron chi connectivity index (χ1n) is 8.72. The Labute approximate surface area is 183 Å². The van der Waals surface area contributed by atoms with Gasteiger partial charge in [-0.2, -0.15) is 4.31 Å². The van der Waals surface area contributed by atoms with Gasteiger partial charge in [0.25, 0.3) is 10.0 Å². The van der Waals surface area contributed by atoms with Gasteiger partial charge in [0.05, 0.1) is 18.0 Å². The lowest BCUT2D eigenvalue weighted by Gasteiger charge is -2.16. The number of benzene rings is 2. The number of nitrogens with zero attached hydrogens (tertiary/aromatic N) is 1. The van der Waals surface area contributed by atoms with Crippen molar-refractivity contribution in [2.24, 2.45) is 0 Å². The van der Waals surface area contributed by atoms with Crippen LogP contribution in [-0.2, 0) is 14.8 Å². The van der Waals surface area contributed by atoms with E-state index in [0.717, 1.165) is 15.6 Å². The summed E-state index contributed by atoms with van der Waals surface area (Å²) in [5.74, 6) is 1.26. The van der Waals surface area contributed by atoms with Crippen LogP contribution in [0.4, 0.5) is 5.69 Å². The molecule has 0 bridgehead atoms. The van der Waals surface area contributed by atoms with Crippen molar-refractivity contribution in [1.82, 2.24) is 4.31 Å². The summed E-state index contributed by atoms with van der Waals surface area (Å²) in [5, 5.41) is 2.67. The summed E-state index contributed by atoms with van der Waals surface area (Å²) in [4.78, 5) is 12.3. The molecule has 7 nitrogen and oxygen atoms in total. The van der Waals surface area contributed by atoms with Crippen LogP contribution in [0.25, 0.3) is 0 Å². The predicted molar refractivity (Wildman–Crippen MR) is 117 cm³/mol. The maximum atomic E-state index is 12.5. The number of halogens is 1. The minimum atomic E-state index is -3.78. The summed E-state index contributed by atoms with van der Waals surface area (Å²) >= 11 is 6.74. The molecular weight excluding hydrogens is 448 g/mol. The Balaban J connectivity index is 1.60. The Morgan fingerprint density at radius 1 is 1.07 bits per heavy atom. The lowest BCUT2D eigenvalue weighted by atomic mass is 10.3. The second-order valence-corrected chi connectivity index (χ2v) is 10.1. The lowest BCUT2D eigenvalue weighted by molar-refractivity contribution is -0.116. The molecular formula is C20H19ClN2O5S2. The molecule has 1 aromatic heterocycles. The van der Waals surface area contributed by atoms with Gasteiger partial charge >= 0.3 is 0 Å². The van der Waals surface area contributed by atoms with Crippen LogP contribution in [0, 0.1) is 0 Å². The van der Waals surface area contributed by atoms with E-state index in [0.29, 0.717) is 27.3 Å². The SMILES string of the molecule is COc1ccccc1Oc1ccc(NC(=O)CN(C)S(=O)(=O)c2ccc(Cl)s2)cc1. The third-order valence-electron chi connectivity index (χ3n) is 4.01. The Morgan fingerprint density at radius 2 is 1.73 bits per heavy atom. The molecule has 0 saturated carbocycles. The zero-order valence-electron chi connectivity index (χ0n) is 16.2. The minimum absolute atomic E-state index is 0.0839. The molecule has 0 spiro atoms. The Hall–Kier alpha value is -2.59. The van der Waals surface area contributed by atoms with Gasteiger partial charge in [0.15, 0.2) is 11.5 Å². The molecule has 0 aliphatic carbocycles. The summed E-state index contributed by atoms with van der Waals surface area (Å²) in [6.07, 6.45) is 0. The molecule has 158 valence electrons. The summed E-state index contributed by atoms with van der Waals surface area (Å²) in [5.41, 5.74) is 0.511. The first kappa shape index (κ1) is 22.1. The third-order valence-corrected chi connectivity index (χ3v) is 7.52. The second-order valence-electron chi connectivity index (χ2n) is 6.15. The zero-order chi connectivity index (χ0) is 21.7. The smallest absolute Gasteiger partial charge is 0.252 e. The van der Waals surface area contributed by atoms with Crippen molar-refractivity contribution >= 4 is 44.6 Å². The van der Waals surface area contributed by atoms with Crippen LogP contribution in [0.5, 0.6) is 17.2 Å². The largest absolute Gasteiger partial charge is 0.493 e. The highest BCUT2D eigenvalue weighted by Gasteiger charge is 2.24. The molecule has 2 aromatic carbocycles. The number of hydrogen-bond donors (Lipinski definition) is 1. The van der Waals surface area contributed by atoms with Crippen LogP contribution in [0.1, 0.15) is 0 Å². The molecule has 0 saturated heterocycles. The van der Waals surface area contributed by atoms with Gasteiger partial charge in [-0.05, 0) is 48.5 Å². The standard InChI is InChI=1S/C20H19ClN2O5S2/c1-23(30(25,26)20-12-11-18(21)29-20)13-19(24)22-14-7-9-15(10-8-14)28-17-6-4-3-5-16(17)27-2/h3-12H,13H2,1-2H3,(H,22,24). The number of likely N-dealkylation sites (N-methyl/N-ethyl adjacent to an activating group) is 1. The van der Waals surface area contributed by atoms with Crippen LogP contribution in [0.3, 0.4) is 0 Å². The first-order valence-corrected chi connectivity index (χ1v) is 11.4. The average molecular weight is 467 g/mol. The first-order chi connectivity index (χ1) is 14.3. The van der Waals surface area contributed by atoms with E-state index in [1.807, 2.05) is 12.1 Å². The summed E-state index contributed by atoms with van der Waals surface area (Å²) in [6.45, 7) is -0.336. The maximum absolute atomic E-state index is 12.5. The Bertz CT molecular complexity index is 1130. The fourth-order valence-electron chi connectivity index (χ4n) is 2.51. The number of sulfonamides is 1. The number of rotatable bonds is 8. The van der Waals surface area contributed by atoms with Gasteiger partial charge in [-0.25, -0.2) is 8.42 Å². The molecule has 3 aromatic rings. The van der Waals surface area contributed by atoms with E-state index in [4.69, 9.17) is 21.1 Å². The number of anilines is 1. The van der Waals surface area contributed by atoms with Gasteiger partial charge in [-0.3, -0.25) is 4.79 Å². The van der Waals surface area contributed by atoms with Gasteiger partial charge in [-0.1, -0.05) is 23.7 Å². The molecule has 1 heterocycles. The van der Waals surface area contributed by atoms with Crippen LogP contribution < -0.4 is 14.8 Å². The number of amides is 1. The number of ether oxygens (including phenoxy) is 2. The highest BCUT2D eigenvalue weighted by atomic mass is 35.5. The number of nitrogens with one attached hydrogen (secondary N) is 1. The molecule has 0 atom stereocenters. The van der Waals surface area contributed by atoms with E-state index in [-0.39, 0.29) is 10.8 Å². The highest BCUT2D eigenvalue weighted by molar-refractivity contribution is 7.91. The van der Waals surface area contributed by atoms with Gasteiger partial charge in [0.1, 0.15) is 9.96 Å². The highest BCUT2D eigenvalue weighted by Crippen LogP contribution is 2.31. The van der Waals surface area contributed by atoms with Crippen LogP contribution >= 0.6 is 22.9 Å². The van der Waals surface area contributed by atoms with Crippen LogP contribution in [0.2, 0.25) is 4.34 Å². The number of carbonyl (C=O) groups is 1. The van der Waals surface area contributed by atoms with Crippen molar-refractivity contribution in [2.45, 2.75) is 4.21 Å². The molecule has 30 heavy (non-hydrogen) atoms. The van der Waals surface area contributed by atoms with E-state index in [1.165, 1.54) is 19.2 Å². The van der Waals surface area contributed by atoms with Crippen molar-refractivity contribution in [2.75, 3.05) is 26.0 Å². The second kappa shape index (κ2) is 9.48. The van der Waals surface area contributed by atoms with E-state index in [1.54, 1.807) is 43.5 Å². The normalized spacial score (nSPS) is 11.3. The van der Waals surface area contributed by atoms with Crippen molar-refractivity contribution in [3.63, 3.8) is 0 Å². The Kier molecular flexibility index (Phi) is 6.99. The van der Waals surface area contributed by atoms with Crippen molar-refractivity contribution in [1.29, 1.82) is 0 Å². The van der Waals surface area contributed by atoms with E-state index in [9.17, 15) is 13.2 Å². The van der Waals surface area contributed by atoms with E-state index < -0.39 is 15.9 Å². The van der Waals surface area contributed by atoms with Crippen molar-refractivity contribution in [3.8, 4) is 17.2 Å². The molecule has 0 aliphatic rings. The summed E-state index contributed by atoms with van der Waals surface area (Å²) in [6, 6.07) is 16.9. The molecule has 1 N–H and O–H groups in total. The quantitative estimate of drug-likeness (QED) is 0.529. The van der Waals surface area contributed by atoms with Crippen molar-refractivity contribution in [3.05, 3.63) is 65.0 Å². The average Bonchev–Trinajstić information content (AvgIpc) is 3.17. The molecule has 0 radical (unpaired) electrons. The number of hydrogen-bond acceptors (Lipinski definition) is 6. The third kappa shape index (κ3) is 5.31. The van der Waals surface area contributed by atoms with Gasteiger partial charge in [0, 0.05) is 12.7 Å². The van der Waals surface area contributed by atoms with Crippen LogP contribution in [0.15, 0.2) is 64.9 Å².